The van der Waals surface area contributed by atoms with Crippen LogP contribution in [0, 0.1) is 33.4 Å². The molecule has 1 rings (SSSR count). The van der Waals surface area contributed by atoms with Crippen LogP contribution in [0.2, 0.25) is 19.6 Å². The predicted molar refractivity (Wildman–Crippen MR) is 55.9 cm³/mol. The van der Waals surface area contributed by atoms with Crippen LogP contribution < -0.4 is 5.19 Å². The lowest BCUT2D eigenvalue weighted by atomic mass is 10.2. The Morgan fingerprint density at radius 3 is 1.71 bits per heavy atom. The molecule has 0 aromatic heterocycles. The molecule has 0 unspecified atom stereocenters. The van der Waals surface area contributed by atoms with Crippen molar-refractivity contribution in [1.82, 2.24) is 0 Å². The van der Waals surface area contributed by atoms with E-state index in [1.54, 1.807) is 0 Å². The zero-order chi connectivity index (χ0) is 13.5. The number of nitrogens with zero attached hydrogens (tertiary/aromatic N) is 1. The fourth-order valence-corrected chi connectivity index (χ4v) is 3.16. The predicted octanol–water partition coefficient (Wildman–Crippen LogP) is 2.70. The first-order valence-electron chi connectivity index (χ1n) is 4.59. The Morgan fingerprint density at radius 1 is 0.941 bits per heavy atom. The largest absolute Gasteiger partial charge is 0.310 e. The van der Waals surface area contributed by atoms with E-state index in [0.717, 1.165) is 0 Å². The highest BCUT2D eigenvalue weighted by molar-refractivity contribution is 6.89. The molecular weight excluding hydrogens is 258 g/mol. The smallest absolute Gasteiger partial charge is 0.258 e. The molecule has 0 amide bonds. The third-order valence-electron chi connectivity index (χ3n) is 2.17. The fourth-order valence-electron chi connectivity index (χ4n) is 1.48. The minimum absolute atomic E-state index is 0.654. The summed E-state index contributed by atoms with van der Waals surface area (Å²) in [5, 5.41) is 9.98. The molecule has 0 saturated heterocycles. The summed E-state index contributed by atoms with van der Waals surface area (Å²) in [5.41, 5.74) is -1.31. The second-order valence-electron chi connectivity index (χ2n) is 4.49. The summed E-state index contributed by atoms with van der Waals surface area (Å²) >= 11 is 0. The average molecular weight is 267 g/mol. The Morgan fingerprint density at radius 2 is 1.35 bits per heavy atom. The first-order chi connectivity index (χ1) is 7.59. The molecule has 3 nitrogen and oxygen atoms in total. The Balaban J connectivity index is 3.86. The van der Waals surface area contributed by atoms with Crippen molar-refractivity contribution in [3.05, 3.63) is 33.4 Å². The van der Waals surface area contributed by atoms with Gasteiger partial charge >= 0.3 is 5.69 Å². The van der Waals surface area contributed by atoms with Gasteiger partial charge in [-0.05, 0) is 0 Å². The second-order valence-corrected chi connectivity index (χ2v) is 9.49. The van der Waals surface area contributed by atoms with Crippen LogP contribution in [-0.4, -0.2) is 13.0 Å². The van der Waals surface area contributed by atoms with E-state index < -0.39 is 47.1 Å². The van der Waals surface area contributed by atoms with Gasteiger partial charge in [0.1, 0.15) is 0 Å². The molecule has 1 aromatic rings. The average Bonchev–Trinajstić information content (AvgIpc) is 2.17. The molecular formula is C9H9F4NO2Si. The summed E-state index contributed by atoms with van der Waals surface area (Å²) in [6.07, 6.45) is 0. The van der Waals surface area contributed by atoms with Gasteiger partial charge in [-0.3, -0.25) is 10.1 Å². The molecule has 0 N–H and O–H groups in total. The van der Waals surface area contributed by atoms with E-state index in [1.807, 2.05) is 0 Å². The van der Waals surface area contributed by atoms with E-state index in [2.05, 4.69) is 0 Å². The van der Waals surface area contributed by atoms with Crippen LogP contribution in [-0.2, 0) is 0 Å². The van der Waals surface area contributed by atoms with Gasteiger partial charge in [-0.2, -0.15) is 4.39 Å². The van der Waals surface area contributed by atoms with Crippen molar-refractivity contribution in [2.75, 3.05) is 0 Å². The summed E-state index contributed by atoms with van der Waals surface area (Å²) in [6, 6.07) is 0. The Kier molecular flexibility index (Phi) is 3.28. The van der Waals surface area contributed by atoms with Gasteiger partial charge in [0, 0.05) is 0 Å². The van der Waals surface area contributed by atoms with Gasteiger partial charge < -0.3 is 0 Å². The minimum Gasteiger partial charge on any atom is -0.258 e. The van der Waals surface area contributed by atoms with Crippen LogP contribution >= 0.6 is 0 Å². The third kappa shape index (κ3) is 2.17. The van der Waals surface area contributed by atoms with E-state index in [1.165, 1.54) is 19.6 Å². The molecule has 17 heavy (non-hydrogen) atoms. The van der Waals surface area contributed by atoms with Gasteiger partial charge in [0.2, 0.25) is 11.6 Å². The lowest BCUT2D eigenvalue weighted by molar-refractivity contribution is -0.386. The first-order valence-corrected chi connectivity index (χ1v) is 8.09. The molecule has 0 aliphatic rings. The number of benzene rings is 1. The summed E-state index contributed by atoms with van der Waals surface area (Å²) < 4.78 is 52.7. The first kappa shape index (κ1) is 13.6. The maximum atomic E-state index is 13.5. The van der Waals surface area contributed by atoms with Gasteiger partial charge in [0.15, 0.2) is 11.6 Å². The standard InChI is InChI=1S/C9H9F4NO2Si/c1-17(2,3)9-7(13)5(11)4(10)6(12)8(9)14(15)16/h1-3H3. The lowest BCUT2D eigenvalue weighted by Gasteiger charge is -2.18. The Bertz CT molecular complexity index is 499. The molecule has 0 bridgehead atoms. The molecule has 8 heteroatoms. The van der Waals surface area contributed by atoms with Crippen molar-refractivity contribution < 1.29 is 22.5 Å². The van der Waals surface area contributed by atoms with Gasteiger partial charge in [-0.1, -0.05) is 19.6 Å². The van der Waals surface area contributed by atoms with Crippen LogP contribution in [0.25, 0.3) is 0 Å². The normalized spacial score (nSPS) is 11.7. The van der Waals surface area contributed by atoms with Gasteiger partial charge in [0.05, 0.1) is 18.2 Å². The van der Waals surface area contributed by atoms with Crippen LogP contribution in [0.15, 0.2) is 0 Å². The van der Waals surface area contributed by atoms with Crippen LogP contribution in [0.1, 0.15) is 0 Å². The molecule has 94 valence electrons. The number of hydrogen-bond donors (Lipinski definition) is 0. The van der Waals surface area contributed by atoms with Crippen molar-refractivity contribution in [1.29, 1.82) is 0 Å². The van der Waals surface area contributed by atoms with Crippen molar-refractivity contribution >= 4 is 18.9 Å². The lowest BCUT2D eigenvalue weighted by Crippen LogP contribution is -2.43. The second kappa shape index (κ2) is 4.10. The topological polar surface area (TPSA) is 43.1 Å². The highest BCUT2D eigenvalue weighted by Crippen LogP contribution is 2.25. The Labute approximate surface area is 95.2 Å². The van der Waals surface area contributed by atoms with Crippen molar-refractivity contribution in [3.8, 4) is 0 Å². The summed E-state index contributed by atoms with van der Waals surface area (Å²) in [7, 11) is -2.73. The number of rotatable bonds is 2. The molecule has 0 radical (unpaired) electrons. The molecule has 1 aromatic carbocycles. The molecule has 0 saturated carbocycles. The molecule has 0 aliphatic heterocycles. The quantitative estimate of drug-likeness (QED) is 0.206. The number of nitro groups is 1. The Hall–Kier alpha value is -1.44. The zero-order valence-corrected chi connectivity index (χ0v) is 10.3. The minimum atomic E-state index is -2.73. The van der Waals surface area contributed by atoms with Crippen LogP contribution in [0.5, 0.6) is 0 Å². The van der Waals surface area contributed by atoms with E-state index in [0.29, 0.717) is 0 Å². The SMILES string of the molecule is C[Si](C)(C)c1c(F)c(F)c(F)c(F)c1[N+](=O)[O-]. The summed E-state index contributed by atoms with van der Waals surface area (Å²) in [5.74, 6) is -7.79. The number of nitro benzene ring substituents is 1. The van der Waals surface area contributed by atoms with Crippen molar-refractivity contribution in [2.45, 2.75) is 19.6 Å². The van der Waals surface area contributed by atoms with Gasteiger partial charge in [0.25, 0.3) is 0 Å². The van der Waals surface area contributed by atoms with E-state index in [-0.39, 0.29) is 0 Å². The van der Waals surface area contributed by atoms with E-state index in [9.17, 15) is 27.7 Å². The monoisotopic (exact) mass is 267 g/mol. The van der Waals surface area contributed by atoms with Gasteiger partial charge in [-0.25, -0.2) is 13.2 Å². The molecule has 0 spiro atoms. The fraction of sp³-hybridized carbons (Fsp3) is 0.333. The summed E-state index contributed by atoms with van der Waals surface area (Å²) in [6.45, 7) is 4.40. The van der Waals surface area contributed by atoms with Gasteiger partial charge in [-0.15, -0.1) is 0 Å². The third-order valence-corrected chi connectivity index (χ3v) is 4.13. The maximum Gasteiger partial charge on any atom is 0.310 e. The van der Waals surface area contributed by atoms with E-state index >= 15 is 0 Å². The maximum absolute atomic E-state index is 13.5. The van der Waals surface area contributed by atoms with Crippen molar-refractivity contribution in [2.24, 2.45) is 0 Å². The van der Waals surface area contributed by atoms with E-state index in [4.69, 9.17) is 0 Å². The molecule has 0 heterocycles. The van der Waals surface area contributed by atoms with Crippen molar-refractivity contribution in [3.63, 3.8) is 0 Å². The number of halogens is 4. The van der Waals surface area contributed by atoms with Crippen LogP contribution in [0.4, 0.5) is 23.2 Å². The zero-order valence-electron chi connectivity index (χ0n) is 9.28. The highest BCUT2D eigenvalue weighted by atomic mass is 28.3. The summed E-state index contributed by atoms with van der Waals surface area (Å²) in [4.78, 5) is 9.41. The number of hydrogen-bond acceptors (Lipinski definition) is 2. The van der Waals surface area contributed by atoms with Crippen LogP contribution in [0.3, 0.4) is 0 Å². The molecule has 0 fully saturated rings. The molecule has 0 atom stereocenters. The molecule has 0 aliphatic carbocycles. The highest BCUT2D eigenvalue weighted by Gasteiger charge is 2.38.